The van der Waals surface area contributed by atoms with Gasteiger partial charge in [-0.1, -0.05) is 0 Å². The topological polar surface area (TPSA) is 53.5 Å². The molecule has 137 valence electrons. The second-order valence-corrected chi connectivity index (χ2v) is 7.97. The average molecular weight is 424 g/mol. The van der Waals surface area contributed by atoms with Crippen molar-refractivity contribution in [1.29, 1.82) is 0 Å². The van der Waals surface area contributed by atoms with Gasteiger partial charge in [-0.05, 0) is 59.7 Å². The molecule has 3 aromatic rings. The number of halogens is 2. The van der Waals surface area contributed by atoms with Crippen molar-refractivity contribution in [2.24, 2.45) is 0 Å². The minimum atomic E-state index is -0.226. The van der Waals surface area contributed by atoms with Gasteiger partial charge < -0.3 is 0 Å². The molecule has 0 saturated heterocycles. The van der Waals surface area contributed by atoms with Gasteiger partial charge in [0.1, 0.15) is 0 Å². The van der Waals surface area contributed by atoms with Crippen LogP contribution in [0.5, 0.6) is 0 Å². The van der Waals surface area contributed by atoms with Gasteiger partial charge in [0.25, 0.3) is 0 Å². The van der Waals surface area contributed by atoms with Gasteiger partial charge in [0.05, 0.1) is 17.1 Å². The van der Waals surface area contributed by atoms with E-state index in [1.165, 1.54) is 0 Å². The molecule has 3 rings (SSSR count). The van der Waals surface area contributed by atoms with Crippen LogP contribution in [0.1, 0.15) is 40.5 Å². The molecule has 0 unspecified atom stereocenters. The third-order valence-electron chi connectivity index (χ3n) is 3.79. The minimum absolute atomic E-state index is 0.00694. The molecule has 0 N–H and O–H groups in total. The maximum atomic E-state index is 4.80. The molecule has 0 amide bonds. The summed E-state index contributed by atoms with van der Waals surface area (Å²) in [6, 6.07) is 6.22. The molecule has 9 heteroatoms. The van der Waals surface area contributed by atoms with Crippen LogP contribution in [0.3, 0.4) is 0 Å². The van der Waals surface area contributed by atoms with Crippen LogP contribution in [-0.4, -0.2) is 29.3 Å². The third kappa shape index (κ3) is 4.47. The van der Waals surface area contributed by atoms with Crippen LogP contribution in [0, 0.1) is 41.5 Å². The molecule has 0 radical (unpaired) electrons. The molecule has 0 spiro atoms. The van der Waals surface area contributed by atoms with Crippen molar-refractivity contribution in [3.63, 3.8) is 0 Å². The van der Waals surface area contributed by atoms with Crippen LogP contribution in [0.2, 0.25) is 0 Å². The predicted octanol–water partition coefficient (Wildman–Crippen LogP) is 4.06. The average Bonchev–Trinajstić information content (AvgIpc) is 3.12. The van der Waals surface area contributed by atoms with E-state index in [4.69, 9.17) is 20.2 Å². The van der Waals surface area contributed by atoms with Gasteiger partial charge >= 0.3 is 33.3 Å². The molecule has 0 aliphatic rings. The fraction of sp³-hybridized carbons (Fsp3) is 0.438. The van der Waals surface area contributed by atoms with Crippen molar-refractivity contribution in [2.75, 3.05) is 0 Å². The molecular formula is C16H22Cl2MnN6. The summed E-state index contributed by atoms with van der Waals surface area (Å²) in [4.78, 5) is 0. The Balaban J connectivity index is 0.000000701. The zero-order chi connectivity index (χ0) is 18.7. The van der Waals surface area contributed by atoms with Gasteiger partial charge in [0.2, 0.25) is 6.29 Å². The van der Waals surface area contributed by atoms with Crippen LogP contribution < -0.4 is 0 Å². The first-order chi connectivity index (χ1) is 11.8. The molecule has 0 atom stereocenters. The third-order valence-corrected chi connectivity index (χ3v) is 3.79. The Morgan fingerprint density at radius 2 is 0.920 bits per heavy atom. The van der Waals surface area contributed by atoms with E-state index in [0.717, 1.165) is 34.2 Å². The number of aryl methyl sites for hydroxylation is 6. The van der Waals surface area contributed by atoms with Gasteiger partial charge in [0, 0.05) is 17.1 Å². The van der Waals surface area contributed by atoms with E-state index in [2.05, 4.69) is 54.3 Å². The second kappa shape index (κ2) is 8.41. The van der Waals surface area contributed by atoms with Crippen LogP contribution in [0.4, 0.5) is 0 Å². The zero-order valence-electron chi connectivity index (χ0n) is 15.1. The Morgan fingerprint density at radius 3 is 1.08 bits per heavy atom. The van der Waals surface area contributed by atoms with E-state index in [1.807, 2.05) is 34.8 Å². The van der Waals surface area contributed by atoms with Crippen molar-refractivity contribution >= 4 is 20.2 Å². The number of hydrogen-bond acceptors (Lipinski definition) is 3. The van der Waals surface area contributed by atoms with Crippen molar-refractivity contribution in [3.8, 4) is 0 Å². The van der Waals surface area contributed by atoms with Gasteiger partial charge in [-0.25, -0.2) is 14.0 Å². The molecule has 0 aliphatic carbocycles. The Kier molecular flexibility index (Phi) is 6.74. The van der Waals surface area contributed by atoms with Gasteiger partial charge in [-0.3, -0.25) is 0 Å². The summed E-state index contributed by atoms with van der Waals surface area (Å²) in [6.07, 6.45) is -0.226. The standard InChI is InChI=1S/C16H22N6.2ClH.Mn/c1-10-7-13(4)20(17-10)16(21-14(5)8-11(2)18-21)22-15(6)9-12(3)19-22;;;/h7-9,16H,1-6H3;2*1H;/q;;;+2/p-2. The van der Waals surface area contributed by atoms with Gasteiger partial charge in [-0.15, -0.1) is 0 Å². The fourth-order valence-corrected chi connectivity index (χ4v) is 2.95. The van der Waals surface area contributed by atoms with E-state index in [0.29, 0.717) is 0 Å². The van der Waals surface area contributed by atoms with Gasteiger partial charge in [0.15, 0.2) is 0 Å². The first-order valence-corrected chi connectivity index (χ1v) is 11.0. The van der Waals surface area contributed by atoms with Crippen LogP contribution in [0.25, 0.3) is 0 Å². The normalized spacial score (nSPS) is 10.9. The van der Waals surface area contributed by atoms with E-state index < -0.39 is 0 Å². The van der Waals surface area contributed by atoms with Crippen LogP contribution in [-0.2, 0) is 13.1 Å². The molecule has 0 aromatic carbocycles. The first-order valence-electron chi connectivity index (χ1n) is 7.73. The summed E-state index contributed by atoms with van der Waals surface area (Å²) >= 11 is 0.00694. The van der Waals surface area contributed by atoms with E-state index in [-0.39, 0.29) is 19.4 Å². The maximum absolute atomic E-state index is 4.80. The van der Waals surface area contributed by atoms with Crippen molar-refractivity contribution in [3.05, 3.63) is 52.4 Å². The number of aromatic nitrogens is 6. The summed E-state index contributed by atoms with van der Waals surface area (Å²) < 4.78 is 5.94. The Bertz CT molecular complexity index is 741. The number of rotatable bonds is 3. The van der Waals surface area contributed by atoms with E-state index in [1.54, 1.807) is 0 Å². The predicted molar refractivity (Wildman–Crippen MR) is 96.6 cm³/mol. The summed E-state index contributed by atoms with van der Waals surface area (Å²) in [5.41, 5.74) is 6.23. The molecule has 25 heavy (non-hydrogen) atoms. The fourth-order valence-electron chi connectivity index (χ4n) is 2.95. The van der Waals surface area contributed by atoms with Crippen LogP contribution >= 0.6 is 20.2 Å². The van der Waals surface area contributed by atoms with Crippen molar-refractivity contribution < 1.29 is 13.1 Å². The van der Waals surface area contributed by atoms with Crippen molar-refractivity contribution in [1.82, 2.24) is 29.3 Å². The van der Waals surface area contributed by atoms with Crippen molar-refractivity contribution in [2.45, 2.75) is 47.8 Å². The summed E-state index contributed by atoms with van der Waals surface area (Å²) in [7, 11) is 9.59. The SMILES string of the molecule is Cc1cc(C)n(C(n2nc(C)cc2C)n2nc(C)cc2C)n1.[Cl][Mn][Cl]. The Labute approximate surface area is 162 Å². The quantitative estimate of drug-likeness (QED) is 0.597. The molecule has 6 nitrogen and oxygen atoms in total. The molecule has 0 fully saturated rings. The molecule has 0 aliphatic heterocycles. The number of hydrogen-bond donors (Lipinski definition) is 0. The molecule has 0 saturated carbocycles. The zero-order valence-corrected chi connectivity index (χ0v) is 17.8. The van der Waals surface area contributed by atoms with E-state index in [9.17, 15) is 0 Å². The molecular weight excluding hydrogens is 402 g/mol. The Hall–Kier alpha value is -1.27. The molecule has 0 bridgehead atoms. The van der Waals surface area contributed by atoms with E-state index >= 15 is 0 Å². The summed E-state index contributed by atoms with van der Waals surface area (Å²) in [6.45, 7) is 12.2. The molecule has 3 aromatic heterocycles. The van der Waals surface area contributed by atoms with Crippen LogP contribution in [0.15, 0.2) is 18.2 Å². The first kappa shape index (κ1) is 20.0. The number of nitrogens with zero attached hydrogens (tertiary/aromatic N) is 6. The van der Waals surface area contributed by atoms with Gasteiger partial charge in [-0.2, -0.15) is 15.3 Å². The summed E-state index contributed by atoms with van der Waals surface area (Å²) in [5.74, 6) is 0. The second-order valence-electron chi connectivity index (χ2n) is 6.02. The monoisotopic (exact) mass is 423 g/mol. The summed E-state index contributed by atoms with van der Waals surface area (Å²) in [5, 5.41) is 14.0. The molecule has 3 heterocycles. The Morgan fingerprint density at radius 1 is 0.680 bits per heavy atom.